The molecule has 0 saturated carbocycles. The first-order valence-electron chi connectivity index (χ1n) is 7.99. The van der Waals surface area contributed by atoms with E-state index in [0.717, 1.165) is 11.1 Å². The van der Waals surface area contributed by atoms with Crippen LogP contribution in [0, 0.1) is 6.92 Å². The van der Waals surface area contributed by atoms with Crippen molar-refractivity contribution in [2.45, 2.75) is 25.7 Å². The lowest BCUT2D eigenvalue weighted by molar-refractivity contribution is -0.136. The van der Waals surface area contributed by atoms with Crippen molar-refractivity contribution in [3.8, 4) is 0 Å². The zero-order valence-electron chi connectivity index (χ0n) is 13.9. The van der Waals surface area contributed by atoms with Crippen molar-refractivity contribution in [2.75, 3.05) is 18.5 Å². The highest BCUT2D eigenvalue weighted by Crippen LogP contribution is 2.24. The second-order valence-electron chi connectivity index (χ2n) is 5.73. The highest BCUT2D eigenvalue weighted by atomic mass is 35.5. The fourth-order valence-corrected chi connectivity index (χ4v) is 3.36. The zero-order valence-corrected chi connectivity index (χ0v) is 15.5. The van der Waals surface area contributed by atoms with Crippen molar-refractivity contribution in [1.82, 2.24) is 5.32 Å². The van der Waals surface area contributed by atoms with Crippen LogP contribution in [0.4, 0.5) is 5.69 Å². The van der Waals surface area contributed by atoms with Crippen LogP contribution in [-0.4, -0.2) is 30.1 Å². The predicted molar refractivity (Wildman–Crippen MR) is 101 cm³/mol. The fraction of sp³-hybridized carbons (Fsp3) is 0.333. The number of rotatable bonds is 7. The molecule has 1 unspecified atom stereocenters. The number of amides is 2. The van der Waals surface area contributed by atoms with Crippen LogP contribution in [0.3, 0.4) is 0 Å². The molecule has 25 heavy (non-hydrogen) atoms. The Labute approximate surface area is 156 Å². The SMILES string of the molecule is Cc1ccc(NC(=O)C(=O)NCCC(CCO)c2ccsc2)cc1Cl. The summed E-state index contributed by atoms with van der Waals surface area (Å²) in [6.45, 7) is 2.31. The Bertz CT molecular complexity index is 719. The monoisotopic (exact) mass is 380 g/mol. The number of aliphatic hydroxyl groups excluding tert-OH is 1. The van der Waals surface area contributed by atoms with E-state index in [4.69, 9.17) is 11.6 Å². The predicted octanol–water partition coefficient (Wildman–Crippen LogP) is 3.32. The van der Waals surface area contributed by atoms with Gasteiger partial charge < -0.3 is 15.7 Å². The van der Waals surface area contributed by atoms with E-state index in [1.54, 1.807) is 29.5 Å². The molecular formula is C18H21ClN2O3S. The third kappa shape index (κ3) is 5.85. The topological polar surface area (TPSA) is 78.4 Å². The van der Waals surface area contributed by atoms with E-state index in [2.05, 4.69) is 10.6 Å². The molecule has 0 radical (unpaired) electrons. The molecule has 2 aromatic rings. The molecular weight excluding hydrogens is 360 g/mol. The average Bonchev–Trinajstić information content (AvgIpc) is 3.11. The maximum Gasteiger partial charge on any atom is 0.313 e. The highest BCUT2D eigenvalue weighted by Gasteiger charge is 2.16. The van der Waals surface area contributed by atoms with Gasteiger partial charge in [-0.25, -0.2) is 0 Å². The number of carbonyl (C=O) groups is 2. The van der Waals surface area contributed by atoms with E-state index in [-0.39, 0.29) is 12.5 Å². The molecule has 1 heterocycles. The molecule has 2 rings (SSSR count). The summed E-state index contributed by atoms with van der Waals surface area (Å²) in [4.78, 5) is 23.9. The lowest BCUT2D eigenvalue weighted by Crippen LogP contribution is -2.36. The van der Waals surface area contributed by atoms with Gasteiger partial charge in [0.1, 0.15) is 0 Å². The van der Waals surface area contributed by atoms with Crippen LogP contribution in [0.1, 0.15) is 29.9 Å². The fourth-order valence-electron chi connectivity index (χ4n) is 2.44. The van der Waals surface area contributed by atoms with Crippen LogP contribution in [0.25, 0.3) is 0 Å². The number of hydrogen-bond acceptors (Lipinski definition) is 4. The zero-order chi connectivity index (χ0) is 18.2. The number of nitrogens with one attached hydrogen (secondary N) is 2. The number of halogens is 1. The van der Waals surface area contributed by atoms with Gasteiger partial charge in [0.2, 0.25) is 0 Å². The van der Waals surface area contributed by atoms with Crippen LogP contribution in [0.15, 0.2) is 35.0 Å². The van der Waals surface area contributed by atoms with E-state index in [0.29, 0.717) is 30.1 Å². The third-order valence-electron chi connectivity index (χ3n) is 3.91. The molecule has 7 heteroatoms. The van der Waals surface area contributed by atoms with Crippen LogP contribution in [0.5, 0.6) is 0 Å². The van der Waals surface area contributed by atoms with Crippen molar-refractivity contribution in [3.63, 3.8) is 0 Å². The van der Waals surface area contributed by atoms with E-state index < -0.39 is 11.8 Å². The first-order valence-corrected chi connectivity index (χ1v) is 9.31. The lowest BCUT2D eigenvalue weighted by Gasteiger charge is -2.15. The van der Waals surface area contributed by atoms with Crippen molar-refractivity contribution in [3.05, 3.63) is 51.2 Å². The Balaban J connectivity index is 1.82. The molecule has 3 N–H and O–H groups in total. The summed E-state index contributed by atoms with van der Waals surface area (Å²) in [6, 6.07) is 7.09. The maximum absolute atomic E-state index is 11.9. The van der Waals surface area contributed by atoms with E-state index in [1.165, 1.54) is 0 Å². The number of thiophene rings is 1. The summed E-state index contributed by atoms with van der Waals surface area (Å²) < 4.78 is 0. The average molecular weight is 381 g/mol. The quantitative estimate of drug-likeness (QED) is 0.645. The highest BCUT2D eigenvalue weighted by molar-refractivity contribution is 7.08. The third-order valence-corrected chi connectivity index (χ3v) is 5.02. The minimum atomic E-state index is -0.728. The Kier molecular flexibility index (Phi) is 7.43. The molecule has 1 aromatic heterocycles. The maximum atomic E-state index is 11.9. The van der Waals surface area contributed by atoms with Gasteiger partial charge in [-0.05, 0) is 65.8 Å². The first-order chi connectivity index (χ1) is 12.0. The smallest absolute Gasteiger partial charge is 0.313 e. The molecule has 0 aliphatic rings. The van der Waals surface area contributed by atoms with Crippen LogP contribution in [0.2, 0.25) is 5.02 Å². The van der Waals surface area contributed by atoms with Gasteiger partial charge in [-0.15, -0.1) is 0 Å². The minimum Gasteiger partial charge on any atom is -0.396 e. The van der Waals surface area contributed by atoms with Gasteiger partial charge in [0.05, 0.1) is 0 Å². The van der Waals surface area contributed by atoms with Crippen LogP contribution >= 0.6 is 22.9 Å². The Morgan fingerprint density at radius 2 is 2.04 bits per heavy atom. The summed E-state index contributed by atoms with van der Waals surface area (Å²) >= 11 is 7.60. The summed E-state index contributed by atoms with van der Waals surface area (Å²) in [5.74, 6) is -1.26. The summed E-state index contributed by atoms with van der Waals surface area (Å²) in [5, 5.41) is 18.9. The second kappa shape index (κ2) is 9.56. The van der Waals surface area contributed by atoms with Crippen molar-refractivity contribution in [2.24, 2.45) is 0 Å². The molecule has 0 bridgehead atoms. The van der Waals surface area contributed by atoms with Gasteiger partial charge >= 0.3 is 11.8 Å². The Morgan fingerprint density at radius 3 is 2.68 bits per heavy atom. The van der Waals surface area contributed by atoms with Gasteiger partial charge in [0, 0.05) is 23.9 Å². The minimum absolute atomic E-state index is 0.0864. The van der Waals surface area contributed by atoms with Crippen molar-refractivity contribution >= 4 is 40.4 Å². The Morgan fingerprint density at radius 1 is 1.24 bits per heavy atom. The van der Waals surface area contributed by atoms with E-state index >= 15 is 0 Å². The Hall–Kier alpha value is -1.89. The number of benzene rings is 1. The summed E-state index contributed by atoms with van der Waals surface area (Å²) in [7, 11) is 0. The van der Waals surface area contributed by atoms with Gasteiger partial charge in [-0.1, -0.05) is 17.7 Å². The molecule has 0 aliphatic carbocycles. The van der Waals surface area contributed by atoms with Crippen molar-refractivity contribution in [1.29, 1.82) is 0 Å². The number of aliphatic hydroxyl groups is 1. The molecule has 134 valence electrons. The van der Waals surface area contributed by atoms with Crippen molar-refractivity contribution < 1.29 is 14.7 Å². The van der Waals surface area contributed by atoms with Crippen LogP contribution in [-0.2, 0) is 9.59 Å². The van der Waals surface area contributed by atoms with Crippen LogP contribution < -0.4 is 10.6 Å². The molecule has 5 nitrogen and oxygen atoms in total. The lowest BCUT2D eigenvalue weighted by atomic mass is 9.95. The summed E-state index contributed by atoms with van der Waals surface area (Å²) in [6.07, 6.45) is 1.29. The molecule has 0 fully saturated rings. The summed E-state index contributed by atoms with van der Waals surface area (Å²) in [5.41, 5.74) is 2.52. The van der Waals surface area contributed by atoms with Gasteiger partial charge in [-0.3, -0.25) is 9.59 Å². The molecule has 0 spiro atoms. The standard InChI is InChI=1S/C18H21ClN2O3S/c1-12-2-3-15(10-16(12)19)21-18(24)17(23)20-7-4-13(5-8-22)14-6-9-25-11-14/h2-3,6,9-11,13,22H,4-5,7-8H2,1H3,(H,20,23)(H,21,24). The second-order valence-corrected chi connectivity index (χ2v) is 6.92. The molecule has 0 saturated heterocycles. The molecule has 0 aliphatic heterocycles. The molecule has 2 amide bonds. The number of hydrogen-bond donors (Lipinski definition) is 3. The van der Waals surface area contributed by atoms with E-state index in [9.17, 15) is 14.7 Å². The van der Waals surface area contributed by atoms with Gasteiger partial charge in [0.25, 0.3) is 0 Å². The van der Waals surface area contributed by atoms with E-state index in [1.807, 2.05) is 23.8 Å². The van der Waals surface area contributed by atoms with Gasteiger partial charge in [-0.2, -0.15) is 11.3 Å². The number of aryl methyl sites for hydroxylation is 1. The number of carbonyl (C=O) groups excluding carboxylic acids is 2. The largest absolute Gasteiger partial charge is 0.396 e. The molecule has 1 atom stereocenters. The number of anilines is 1. The van der Waals surface area contributed by atoms with Gasteiger partial charge in [0.15, 0.2) is 0 Å². The first kappa shape index (κ1) is 19.4. The normalized spacial score (nSPS) is 11.8. The molecule has 1 aromatic carbocycles.